The van der Waals surface area contributed by atoms with Crippen LogP contribution in [-0.4, -0.2) is 28.6 Å². The van der Waals surface area contributed by atoms with Crippen LogP contribution >= 0.6 is 0 Å². The minimum atomic E-state index is -1.34. The highest BCUT2D eigenvalue weighted by atomic mass is 16.6. The Morgan fingerprint density at radius 1 is 1.35 bits per heavy atom. The predicted octanol–water partition coefficient (Wildman–Crippen LogP) is 0.774. The van der Waals surface area contributed by atoms with Gasteiger partial charge >= 0.3 is 5.97 Å². The van der Waals surface area contributed by atoms with Gasteiger partial charge in [-0.15, -0.1) is 0 Å². The lowest BCUT2D eigenvalue weighted by molar-refractivity contribution is -0.385. The van der Waals surface area contributed by atoms with Crippen molar-refractivity contribution in [3.05, 3.63) is 39.4 Å². The number of nitro benzene ring substituents is 1. The van der Waals surface area contributed by atoms with E-state index in [9.17, 15) is 24.5 Å². The second-order valence-electron chi connectivity index (χ2n) is 3.13. The monoisotopic (exact) mass is 237 g/mol. The van der Waals surface area contributed by atoms with Crippen LogP contribution in [0.15, 0.2) is 18.2 Å². The molecule has 0 bridgehead atoms. The molecule has 0 radical (unpaired) electrons. The molecule has 0 unspecified atom stereocenters. The number of hydrogen-bond donors (Lipinski definition) is 1. The van der Waals surface area contributed by atoms with E-state index in [1.54, 1.807) is 0 Å². The molecule has 0 atom stereocenters. The molecule has 0 aliphatic heterocycles. The number of nitrogens with zero attached hydrogens (tertiary/aromatic N) is 1. The first-order valence-corrected chi connectivity index (χ1v) is 4.43. The highest BCUT2D eigenvalue weighted by molar-refractivity contribution is 5.91. The molecule has 1 aromatic rings. The lowest BCUT2D eigenvalue weighted by atomic mass is 9.98. The number of aromatic carboxylic acids is 1. The van der Waals surface area contributed by atoms with Crippen LogP contribution in [0.4, 0.5) is 5.69 Å². The van der Waals surface area contributed by atoms with Gasteiger partial charge in [0.2, 0.25) is 0 Å². The van der Waals surface area contributed by atoms with Gasteiger partial charge in [0, 0.05) is 11.6 Å². The predicted molar refractivity (Wildman–Crippen MR) is 54.9 cm³/mol. The molecule has 0 aliphatic carbocycles. The van der Waals surface area contributed by atoms with Crippen molar-refractivity contribution in [1.82, 2.24) is 0 Å². The third-order valence-corrected chi connectivity index (χ3v) is 2.12. The fraction of sp³-hybridized carbons (Fsp3) is 0.100. The SMILES string of the molecule is O=CC(C=O)c1cc(C(=O)O)ccc1[N+](=O)[O-]. The van der Waals surface area contributed by atoms with Crippen molar-refractivity contribution in [2.75, 3.05) is 0 Å². The van der Waals surface area contributed by atoms with Crippen LogP contribution < -0.4 is 0 Å². The normalized spacial score (nSPS) is 9.94. The zero-order valence-corrected chi connectivity index (χ0v) is 8.40. The molecule has 0 amide bonds. The first-order valence-electron chi connectivity index (χ1n) is 4.43. The van der Waals surface area contributed by atoms with Crippen LogP contribution in [0.1, 0.15) is 21.8 Å². The summed E-state index contributed by atoms with van der Waals surface area (Å²) < 4.78 is 0. The van der Waals surface area contributed by atoms with E-state index in [-0.39, 0.29) is 23.7 Å². The molecule has 1 N–H and O–H groups in total. The van der Waals surface area contributed by atoms with Gasteiger partial charge in [0.05, 0.1) is 10.5 Å². The maximum absolute atomic E-state index is 10.7. The summed E-state index contributed by atoms with van der Waals surface area (Å²) in [6.45, 7) is 0. The van der Waals surface area contributed by atoms with Gasteiger partial charge in [0.25, 0.3) is 5.69 Å². The molecule has 88 valence electrons. The molecule has 1 aromatic carbocycles. The second-order valence-corrected chi connectivity index (χ2v) is 3.13. The molecule has 17 heavy (non-hydrogen) atoms. The van der Waals surface area contributed by atoms with Gasteiger partial charge in [0.1, 0.15) is 18.5 Å². The van der Waals surface area contributed by atoms with Gasteiger partial charge < -0.3 is 14.7 Å². The van der Waals surface area contributed by atoms with Crippen LogP contribution in [0.25, 0.3) is 0 Å². The zero-order chi connectivity index (χ0) is 13.0. The largest absolute Gasteiger partial charge is 0.478 e. The van der Waals surface area contributed by atoms with Crippen LogP contribution in [0.2, 0.25) is 0 Å². The number of hydrogen-bond acceptors (Lipinski definition) is 5. The lowest BCUT2D eigenvalue weighted by Crippen LogP contribution is -2.08. The Balaban J connectivity index is 3.44. The summed E-state index contributed by atoms with van der Waals surface area (Å²) in [7, 11) is 0. The summed E-state index contributed by atoms with van der Waals surface area (Å²) in [4.78, 5) is 41.8. The van der Waals surface area contributed by atoms with Crippen molar-refractivity contribution < 1.29 is 24.4 Å². The molecule has 7 nitrogen and oxygen atoms in total. The third kappa shape index (κ3) is 2.51. The molecule has 0 aliphatic rings. The summed E-state index contributed by atoms with van der Waals surface area (Å²) in [6, 6.07) is 2.95. The fourth-order valence-corrected chi connectivity index (χ4v) is 1.30. The Morgan fingerprint density at radius 2 is 1.94 bits per heavy atom. The summed E-state index contributed by atoms with van der Waals surface area (Å²) >= 11 is 0. The Hall–Kier alpha value is -2.57. The van der Waals surface area contributed by atoms with Gasteiger partial charge in [-0.3, -0.25) is 10.1 Å². The van der Waals surface area contributed by atoms with Gasteiger partial charge in [-0.1, -0.05) is 0 Å². The summed E-state index contributed by atoms with van der Waals surface area (Å²) in [5, 5.41) is 19.4. The standard InChI is InChI=1S/C10H7NO6/c12-4-7(5-13)8-3-6(10(14)15)1-2-9(8)11(16)17/h1-5,7H,(H,14,15). The Bertz CT molecular complexity index is 488. The molecule has 0 fully saturated rings. The van der Waals surface area contributed by atoms with Gasteiger partial charge in [-0.2, -0.15) is 0 Å². The molecule has 0 saturated heterocycles. The van der Waals surface area contributed by atoms with Crippen LogP contribution in [0.3, 0.4) is 0 Å². The Labute approximate surface area is 94.8 Å². The Morgan fingerprint density at radius 3 is 2.35 bits per heavy atom. The van der Waals surface area contributed by atoms with Gasteiger partial charge in [-0.25, -0.2) is 4.79 Å². The third-order valence-electron chi connectivity index (χ3n) is 2.12. The number of carboxylic acid groups (broad SMARTS) is 1. The molecular formula is C10H7NO6. The number of rotatable bonds is 5. The number of carbonyl (C=O) groups is 3. The van der Waals surface area contributed by atoms with E-state index in [1.165, 1.54) is 0 Å². The number of carbonyl (C=O) groups excluding carboxylic acids is 2. The van der Waals surface area contributed by atoms with E-state index in [1.807, 2.05) is 0 Å². The van der Waals surface area contributed by atoms with Crippen molar-refractivity contribution in [3.8, 4) is 0 Å². The second kappa shape index (κ2) is 4.97. The molecule has 0 spiro atoms. The molecule has 0 saturated carbocycles. The maximum Gasteiger partial charge on any atom is 0.335 e. The summed E-state index contributed by atoms with van der Waals surface area (Å²) in [6.07, 6.45) is 0.446. The van der Waals surface area contributed by atoms with Crippen molar-refractivity contribution >= 4 is 24.2 Å². The minimum absolute atomic E-state index is 0.222. The highest BCUT2D eigenvalue weighted by Gasteiger charge is 2.23. The molecule has 0 heterocycles. The van der Waals surface area contributed by atoms with Crippen molar-refractivity contribution in [3.63, 3.8) is 0 Å². The van der Waals surface area contributed by atoms with E-state index in [4.69, 9.17) is 5.11 Å². The van der Waals surface area contributed by atoms with Gasteiger partial charge in [0.15, 0.2) is 0 Å². The average molecular weight is 237 g/mol. The molecule has 0 aromatic heterocycles. The lowest BCUT2D eigenvalue weighted by Gasteiger charge is -2.05. The highest BCUT2D eigenvalue weighted by Crippen LogP contribution is 2.25. The summed E-state index contributed by atoms with van der Waals surface area (Å²) in [5.74, 6) is -2.63. The van der Waals surface area contributed by atoms with Gasteiger partial charge in [-0.05, 0) is 12.1 Å². The van der Waals surface area contributed by atoms with E-state index >= 15 is 0 Å². The van der Waals surface area contributed by atoms with Crippen LogP contribution in [-0.2, 0) is 9.59 Å². The van der Waals surface area contributed by atoms with E-state index < -0.39 is 22.5 Å². The topological polar surface area (TPSA) is 115 Å². The van der Waals surface area contributed by atoms with Crippen molar-refractivity contribution in [2.24, 2.45) is 0 Å². The first-order chi connectivity index (χ1) is 8.01. The Kier molecular flexibility index (Phi) is 3.66. The van der Waals surface area contributed by atoms with E-state index in [2.05, 4.69) is 0 Å². The number of benzene rings is 1. The molecule has 7 heteroatoms. The number of carboxylic acids is 1. The van der Waals surface area contributed by atoms with Crippen LogP contribution in [0.5, 0.6) is 0 Å². The van der Waals surface area contributed by atoms with E-state index in [0.29, 0.717) is 0 Å². The quantitative estimate of drug-likeness (QED) is 0.350. The molecule has 1 rings (SSSR count). The minimum Gasteiger partial charge on any atom is -0.478 e. The fourth-order valence-electron chi connectivity index (χ4n) is 1.30. The molecular weight excluding hydrogens is 230 g/mol. The summed E-state index contributed by atoms with van der Waals surface area (Å²) in [5.41, 5.74) is -0.904. The van der Waals surface area contributed by atoms with E-state index in [0.717, 1.165) is 18.2 Å². The smallest absolute Gasteiger partial charge is 0.335 e. The van der Waals surface area contributed by atoms with Crippen molar-refractivity contribution in [2.45, 2.75) is 5.92 Å². The van der Waals surface area contributed by atoms with Crippen LogP contribution in [0, 0.1) is 10.1 Å². The van der Waals surface area contributed by atoms with Crippen molar-refractivity contribution in [1.29, 1.82) is 0 Å². The maximum atomic E-state index is 10.7. The number of nitro groups is 1. The first kappa shape index (κ1) is 12.5. The number of aldehydes is 2. The average Bonchev–Trinajstić information content (AvgIpc) is 2.30. The zero-order valence-electron chi connectivity index (χ0n) is 8.40.